The van der Waals surface area contributed by atoms with Crippen molar-refractivity contribution in [1.29, 1.82) is 0 Å². The van der Waals surface area contributed by atoms with E-state index in [2.05, 4.69) is 5.16 Å². The smallest absolute Gasteiger partial charge is 0.317 e. The Bertz CT molecular complexity index is 909. The lowest BCUT2D eigenvalue weighted by atomic mass is 10.1. The van der Waals surface area contributed by atoms with Crippen LogP contribution in [-0.4, -0.2) is 17.6 Å². The highest BCUT2D eigenvalue weighted by Gasteiger charge is 2.35. The van der Waals surface area contributed by atoms with E-state index >= 15 is 0 Å². The van der Waals surface area contributed by atoms with Crippen LogP contribution in [0.25, 0.3) is 0 Å². The Morgan fingerprint density at radius 1 is 1.19 bits per heavy atom. The van der Waals surface area contributed by atoms with Crippen molar-refractivity contribution in [2.75, 3.05) is 4.90 Å². The summed E-state index contributed by atoms with van der Waals surface area (Å²) in [7, 11) is 0. The standard InChI is InChI=1S/C19H16Cl2N2O3/c1-11(2)19(25)26-22-17-14-5-3-4-6-16(14)23(18(17)24)10-12-7-8-13(20)9-15(12)21/h3-9,11H,10H2,1-2H3. The van der Waals surface area contributed by atoms with Gasteiger partial charge in [-0.25, -0.2) is 4.79 Å². The number of para-hydroxylation sites is 1. The first-order valence-electron chi connectivity index (χ1n) is 8.02. The van der Waals surface area contributed by atoms with Crippen LogP contribution < -0.4 is 4.90 Å². The molecule has 0 saturated carbocycles. The van der Waals surface area contributed by atoms with Crippen molar-refractivity contribution in [3.63, 3.8) is 0 Å². The van der Waals surface area contributed by atoms with E-state index in [1.54, 1.807) is 49.1 Å². The summed E-state index contributed by atoms with van der Waals surface area (Å²) in [5, 5.41) is 4.81. The molecule has 1 aliphatic heterocycles. The van der Waals surface area contributed by atoms with E-state index in [1.165, 1.54) is 0 Å². The normalized spacial score (nSPS) is 14.9. The molecule has 0 atom stereocenters. The molecule has 0 fully saturated rings. The van der Waals surface area contributed by atoms with Crippen LogP contribution in [0.4, 0.5) is 5.69 Å². The zero-order valence-electron chi connectivity index (χ0n) is 14.2. The number of oxime groups is 1. The number of amides is 1. The van der Waals surface area contributed by atoms with Crippen molar-refractivity contribution in [1.82, 2.24) is 0 Å². The minimum atomic E-state index is -0.498. The first-order chi connectivity index (χ1) is 12.4. The number of anilines is 1. The average molecular weight is 391 g/mol. The number of hydrogen-bond donors (Lipinski definition) is 0. The summed E-state index contributed by atoms with van der Waals surface area (Å²) in [5.74, 6) is -1.19. The molecule has 0 N–H and O–H groups in total. The largest absolute Gasteiger partial charge is 0.337 e. The molecular formula is C19H16Cl2N2O3. The highest BCUT2D eigenvalue weighted by molar-refractivity contribution is 6.54. The molecule has 0 radical (unpaired) electrons. The fourth-order valence-electron chi connectivity index (χ4n) is 2.52. The maximum atomic E-state index is 12.9. The highest BCUT2D eigenvalue weighted by atomic mass is 35.5. The quantitative estimate of drug-likeness (QED) is 0.572. The molecule has 1 aliphatic rings. The molecule has 0 spiro atoms. The van der Waals surface area contributed by atoms with Gasteiger partial charge in [0.2, 0.25) is 0 Å². The summed E-state index contributed by atoms with van der Waals surface area (Å²) in [6, 6.07) is 12.3. The molecule has 5 nitrogen and oxygen atoms in total. The fourth-order valence-corrected chi connectivity index (χ4v) is 2.99. The van der Waals surface area contributed by atoms with Gasteiger partial charge >= 0.3 is 5.97 Å². The lowest BCUT2D eigenvalue weighted by Gasteiger charge is -2.17. The molecule has 3 rings (SSSR count). The molecule has 0 aromatic heterocycles. The Morgan fingerprint density at radius 3 is 2.62 bits per heavy atom. The number of rotatable bonds is 4. The minimum Gasteiger partial charge on any atom is -0.317 e. The van der Waals surface area contributed by atoms with Crippen LogP contribution >= 0.6 is 23.2 Å². The van der Waals surface area contributed by atoms with Gasteiger partial charge in [-0.05, 0) is 23.8 Å². The average Bonchev–Trinajstić information content (AvgIpc) is 2.87. The fraction of sp³-hybridized carbons (Fsp3) is 0.211. The van der Waals surface area contributed by atoms with Gasteiger partial charge in [0.25, 0.3) is 5.91 Å². The Labute approximate surface area is 161 Å². The number of nitrogens with zero attached hydrogens (tertiary/aromatic N) is 2. The summed E-state index contributed by atoms with van der Waals surface area (Å²) >= 11 is 12.2. The monoisotopic (exact) mass is 390 g/mol. The van der Waals surface area contributed by atoms with Gasteiger partial charge in [-0.1, -0.05) is 66.5 Å². The van der Waals surface area contributed by atoms with Crippen LogP contribution in [0.2, 0.25) is 10.0 Å². The SMILES string of the molecule is CC(C)C(=O)ON=C1C(=O)N(Cc2ccc(Cl)cc2Cl)c2ccccc21. The molecule has 0 aliphatic carbocycles. The molecule has 2 aromatic carbocycles. The van der Waals surface area contributed by atoms with Crippen molar-refractivity contribution in [3.8, 4) is 0 Å². The van der Waals surface area contributed by atoms with E-state index in [0.29, 0.717) is 21.3 Å². The zero-order chi connectivity index (χ0) is 18.8. The predicted octanol–water partition coefficient (Wildman–Crippen LogP) is 4.44. The molecule has 134 valence electrons. The van der Waals surface area contributed by atoms with E-state index in [4.69, 9.17) is 28.0 Å². The van der Waals surface area contributed by atoms with Crippen LogP contribution in [0.5, 0.6) is 0 Å². The summed E-state index contributed by atoms with van der Waals surface area (Å²) < 4.78 is 0. The van der Waals surface area contributed by atoms with Gasteiger partial charge < -0.3 is 9.74 Å². The predicted molar refractivity (Wildman–Crippen MR) is 102 cm³/mol. The van der Waals surface area contributed by atoms with Crippen molar-refractivity contribution in [2.45, 2.75) is 20.4 Å². The van der Waals surface area contributed by atoms with Gasteiger partial charge in [-0.2, -0.15) is 0 Å². The number of carbonyl (C=O) groups excluding carboxylic acids is 2. The van der Waals surface area contributed by atoms with Gasteiger partial charge in [-0.15, -0.1) is 0 Å². The van der Waals surface area contributed by atoms with Crippen LogP contribution in [0, 0.1) is 5.92 Å². The Kier molecular flexibility index (Phi) is 5.30. The highest BCUT2D eigenvalue weighted by Crippen LogP contribution is 2.32. The van der Waals surface area contributed by atoms with Gasteiger partial charge in [-0.3, -0.25) is 4.79 Å². The third kappa shape index (κ3) is 3.59. The summed E-state index contributed by atoms with van der Waals surface area (Å²) in [6.45, 7) is 3.65. The molecule has 2 aromatic rings. The maximum absolute atomic E-state index is 12.9. The lowest BCUT2D eigenvalue weighted by Crippen LogP contribution is -2.30. The molecule has 26 heavy (non-hydrogen) atoms. The molecule has 0 saturated heterocycles. The number of hydrogen-bond acceptors (Lipinski definition) is 4. The van der Waals surface area contributed by atoms with Crippen molar-refractivity contribution < 1.29 is 14.4 Å². The molecule has 1 heterocycles. The van der Waals surface area contributed by atoms with Crippen molar-refractivity contribution in [3.05, 3.63) is 63.6 Å². The first kappa shape index (κ1) is 18.4. The zero-order valence-corrected chi connectivity index (χ0v) is 15.7. The maximum Gasteiger partial charge on any atom is 0.337 e. The summed E-state index contributed by atoms with van der Waals surface area (Å²) in [6.07, 6.45) is 0. The molecule has 1 amide bonds. The van der Waals surface area contributed by atoms with E-state index in [1.807, 2.05) is 12.1 Å². The first-order valence-corrected chi connectivity index (χ1v) is 8.78. The minimum absolute atomic E-state index is 0.0969. The summed E-state index contributed by atoms with van der Waals surface area (Å²) in [4.78, 5) is 31.0. The molecule has 0 bridgehead atoms. The van der Waals surface area contributed by atoms with Crippen LogP contribution in [0.1, 0.15) is 25.0 Å². The van der Waals surface area contributed by atoms with E-state index in [9.17, 15) is 9.59 Å². The Hall–Kier alpha value is -2.37. The number of fused-ring (bicyclic) bond motifs is 1. The van der Waals surface area contributed by atoms with E-state index in [0.717, 1.165) is 5.56 Å². The van der Waals surface area contributed by atoms with Crippen molar-refractivity contribution in [2.24, 2.45) is 11.1 Å². The van der Waals surface area contributed by atoms with Gasteiger partial charge in [0.1, 0.15) is 0 Å². The molecule has 7 heteroatoms. The Morgan fingerprint density at radius 2 is 1.92 bits per heavy atom. The topological polar surface area (TPSA) is 59.0 Å². The second-order valence-corrected chi connectivity index (χ2v) is 6.99. The number of halogens is 2. The Balaban J connectivity index is 1.94. The third-order valence-corrected chi connectivity index (χ3v) is 4.53. The second-order valence-electron chi connectivity index (χ2n) is 6.15. The van der Waals surface area contributed by atoms with Crippen LogP contribution in [0.15, 0.2) is 47.6 Å². The van der Waals surface area contributed by atoms with Gasteiger partial charge in [0.05, 0.1) is 18.2 Å². The number of carbonyl (C=O) groups is 2. The third-order valence-electron chi connectivity index (χ3n) is 3.94. The van der Waals surface area contributed by atoms with Gasteiger partial charge in [0, 0.05) is 15.6 Å². The lowest BCUT2D eigenvalue weighted by molar-refractivity contribution is -0.147. The van der Waals surface area contributed by atoms with E-state index in [-0.39, 0.29) is 24.1 Å². The second kappa shape index (κ2) is 7.48. The van der Waals surface area contributed by atoms with Crippen LogP contribution in [0.3, 0.4) is 0 Å². The molecular weight excluding hydrogens is 375 g/mol. The number of benzene rings is 2. The molecule has 0 unspecified atom stereocenters. The van der Waals surface area contributed by atoms with E-state index < -0.39 is 5.97 Å². The van der Waals surface area contributed by atoms with Gasteiger partial charge in [0.15, 0.2) is 5.71 Å². The van der Waals surface area contributed by atoms with Crippen molar-refractivity contribution >= 4 is 46.5 Å². The summed E-state index contributed by atoms with van der Waals surface area (Å²) in [5.41, 5.74) is 2.14. The van der Waals surface area contributed by atoms with Crippen LogP contribution in [-0.2, 0) is 21.0 Å².